The molecule has 2 amide bonds. The molecule has 0 aromatic heterocycles. The number of rotatable bonds is 8. The average molecular weight is 426 g/mol. The van der Waals surface area contributed by atoms with E-state index in [1.165, 1.54) is 14.0 Å². The molecule has 0 bridgehead atoms. The number of fused-ring (bicyclic) bond motifs is 3. The van der Waals surface area contributed by atoms with Gasteiger partial charge >= 0.3 is 12.1 Å². The van der Waals surface area contributed by atoms with E-state index in [0.29, 0.717) is 0 Å². The number of amides is 2. The summed E-state index contributed by atoms with van der Waals surface area (Å²) in [5.41, 5.74) is 4.37. The van der Waals surface area contributed by atoms with Crippen LogP contribution < -0.4 is 10.6 Å². The van der Waals surface area contributed by atoms with Crippen molar-refractivity contribution in [2.75, 3.05) is 13.7 Å². The van der Waals surface area contributed by atoms with Crippen LogP contribution in [-0.2, 0) is 19.1 Å². The molecular formula is C23H26N2O6. The molecular weight excluding hydrogens is 400 g/mol. The normalized spacial score (nSPS) is 15.2. The Morgan fingerprint density at radius 1 is 0.968 bits per heavy atom. The highest BCUT2D eigenvalue weighted by molar-refractivity contribution is 5.89. The Labute approximate surface area is 180 Å². The summed E-state index contributed by atoms with van der Waals surface area (Å²) in [6.45, 7) is 3.03. The maximum absolute atomic E-state index is 12.5. The molecule has 0 radical (unpaired) electrons. The van der Waals surface area contributed by atoms with Gasteiger partial charge in [-0.15, -0.1) is 0 Å². The smallest absolute Gasteiger partial charge is 0.407 e. The van der Waals surface area contributed by atoms with Crippen molar-refractivity contribution in [1.82, 2.24) is 10.6 Å². The van der Waals surface area contributed by atoms with Gasteiger partial charge in [0.25, 0.3) is 0 Å². The first-order valence-electron chi connectivity index (χ1n) is 10.0. The molecule has 0 fully saturated rings. The van der Waals surface area contributed by atoms with Gasteiger partial charge in [0.1, 0.15) is 18.7 Å². The predicted molar refractivity (Wildman–Crippen MR) is 114 cm³/mol. The van der Waals surface area contributed by atoms with E-state index in [4.69, 9.17) is 14.6 Å². The summed E-state index contributed by atoms with van der Waals surface area (Å²) in [6.07, 6.45) is -1.48. The number of aliphatic carboxylic acids is 1. The summed E-state index contributed by atoms with van der Waals surface area (Å²) in [4.78, 5) is 36.0. The van der Waals surface area contributed by atoms with Crippen molar-refractivity contribution in [2.45, 2.75) is 38.0 Å². The highest BCUT2D eigenvalue weighted by Crippen LogP contribution is 2.44. The Balaban J connectivity index is 1.68. The summed E-state index contributed by atoms with van der Waals surface area (Å²) >= 11 is 0. The third kappa shape index (κ3) is 4.86. The summed E-state index contributed by atoms with van der Waals surface area (Å²) in [7, 11) is 1.39. The van der Waals surface area contributed by atoms with Gasteiger partial charge in [-0.05, 0) is 36.1 Å². The molecule has 8 nitrogen and oxygen atoms in total. The largest absolute Gasteiger partial charge is 0.480 e. The molecule has 2 aromatic carbocycles. The van der Waals surface area contributed by atoms with E-state index in [1.54, 1.807) is 6.92 Å². The molecule has 0 saturated carbocycles. The second kappa shape index (κ2) is 9.61. The highest BCUT2D eigenvalue weighted by Gasteiger charge is 2.32. The van der Waals surface area contributed by atoms with Crippen LogP contribution in [0.1, 0.15) is 30.9 Å². The first-order chi connectivity index (χ1) is 14.8. The molecule has 3 atom stereocenters. The Kier molecular flexibility index (Phi) is 6.91. The number of carboxylic acids is 1. The molecule has 164 valence electrons. The van der Waals surface area contributed by atoms with Crippen LogP contribution in [0.2, 0.25) is 0 Å². The fourth-order valence-electron chi connectivity index (χ4n) is 3.66. The van der Waals surface area contributed by atoms with Crippen molar-refractivity contribution in [3.8, 4) is 11.1 Å². The molecule has 0 heterocycles. The molecule has 8 heteroatoms. The second-order valence-electron chi connectivity index (χ2n) is 7.46. The van der Waals surface area contributed by atoms with Gasteiger partial charge in [-0.1, -0.05) is 48.5 Å². The summed E-state index contributed by atoms with van der Waals surface area (Å²) < 4.78 is 10.6. The van der Waals surface area contributed by atoms with Crippen molar-refractivity contribution in [2.24, 2.45) is 0 Å². The maximum atomic E-state index is 12.5. The van der Waals surface area contributed by atoms with Crippen LogP contribution in [-0.4, -0.2) is 55.0 Å². The number of carbonyl (C=O) groups is 3. The van der Waals surface area contributed by atoms with Crippen LogP contribution in [0.25, 0.3) is 11.1 Å². The number of alkyl carbamates (subject to hydrolysis) is 1. The molecule has 3 N–H and O–H groups in total. The minimum absolute atomic E-state index is 0.0983. The Bertz CT molecular complexity index is 931. The van der Waals surface area contributed by atoms with Crippen molar-refractivity contribution < 1.29 is 29.0 Å². The Morgan fingerprint density at radius 3 is 2.03 bits per heavy atom. The molecule has 2 unspecified atom stereocenters. The van der Waals surface area contributed by atoms with E-state index < -0.39 is 36.2 Å². The molecule has 0 spiro atoms. The van der Waals surface area contributed by atoms with Crippen LogP contribution in [0.15, 0.2) is 48.5 Å². The van der Waals surface area contributed by atoms with Gasteiger partial charge in [0.2, 0.25) is 5.91 Å². The van der Waals surface area contributed by atoms with Crippen LogP contribution in [0.3, 0.4) is 0 Å². The Morgan fingerprint density at radius 2 is 1.52 bits per heavy atom. The van der Waals surface area contributed by atoms with Gasteiger partial charge in [-0.25, -0.2) is 4.79 Å². The van der Waals surface area contributed by atoms with Gasteiger partial charge in [0.15, 0.2) is 0 Å². The monoisotopic (exact) mass is 426 g/mol. The molecule has 0 saturated heterocycles. The van der Waals surface area contributed by atoms with Crippen LogP contribution in [0.5, 0.6) is 0 Å². The molecule has 2 aromatic rings. The van der Waals surface area contributed by atoms with E-state index in [2.05, 4.69) is 10.6 Å². The van der Waals surface area contributed by atoms with Gasteiger partial charge in [0, 0.05) is 13.0 Å². The fraction of sp³-hybridized carbons (Fsp3) is 0.348. The lowest BCUT2D eigenvalue weighted by atomic mass is 9.98. The lowest BCUT2D eigenvalue weighted by Gasteiger charge is -2.24. The first kappa shape index (κ1) is 22.3. The first-order valence-corrected chi connectivity index (χ1v) is 10.0. The quantitative estimate of drug-likeness (QED) is 0.598. The topological polar surface area (TPSA) is 114 Å². The average Bonchev–Trinajstić information content (AvgIpc) is 3.09. The number of benzene rings is 2. The van der Waals surface area contributed by atoms with Crippen molar-refractivity contribution in [3.05, 3.63) is 59.7 Å². The molecule has 1 aliphatic rings. The number of carbonyl (C=O) groups excluding carboxylic acids is 2. The minimum atomic E-state index is -1.18. The Hall–Kier alpha value is -3.39. The standard InChI is InChI=1S/C23H26N2O6/c1-13(22(27)28)24-21(26)20(14(2)30-3)25-23(29)31-12-19-17-10-6-4-8-15(17)16-9-5-7-11-18(16)19/h4-11,13-14,19-20H,12H2,1-3H3,(H,24,26)(H,25,29)(H,27,28)/t13-,14?,20?/m0/s1. The van der Waals surface area contributed by atoms with Crippen molar-refractivity contribution >= 4 is 18.0 Å². The summed E-state index contributed by atoms with van der Waals surface area (Å²) in [5, 5.41) is 13.8. The highest BCUT2D eigenvalue weighted by atomic mass is 16.5. The molecule has 0 aliphatic heterocycles. The number of carboxylic acid groups (broad SMARTS) is 1. The van der Waals surface area contributed by atoms with E-state index in [9.17, 15) is 14.4 Å². The fourth-order valence-corrected chi connectivity index (χ4v) is 3.66. The molecule has 1 aliphatic carbocycles. The lowest BCUT2D eigenvalue weighted by molar-refractivity contribution is -0.142. The van der Waals surface area contributed by atoms with Crippen LogP contribution in [0, 0.1) is 0 Å². The van der Waals surface area contributed by atoms with Crippen LogP contribution >= 0.6 is 0 Å². The van der Waals surface area contributed by atoms with Gasteiger partial charge < -0.3 is 25.2 Å². The zero-order valence-corrected chi connectivity index (χ0v) is 17.6. The number of ether oxygens (including phenoxy) is 2. The lowest BCUT2D eigenvalue weighted by Crippen LogP contribution is -2.55. The summed E-state index contributed by atoms with van der Waals surface area (Å²) in [6, 6.07) is 13.7. The molecule has 3 rings (SSSR count). The molecule has 31 heavy (non-hydrogen) atoms. The second-order valence-corrected chi connectivity index (χ2v) is 7.46. The minimum Gasteiger partial charge on any atom is -0.480 e. The third-order valence-electron chi connectivity index (χ3n) is 5.47. The van der Waals surface area contributed by atoms with Gasteiger partial charge in [0.05, 0.1) is 6.10 Å². The van der Waals surface area contributed by atoms with Gasteiger partial charge in [-0.2, -0.15) is 0 Å². The number of hydrogen-bond donors (Lipinski definition) is 3. The van der Waals surface area contributed by atoms with E-state index in [1.807, 2.05) is 48.5 Å². The van der Waals surface area contributed by atoms with E-state index in [0.717, 1.165) is 22.3 Å². The summed E-state index contributed by atoms with van der Waals surface area (Å²) in [5.74, 6) is -1.96. The number of nitrogens with one attached hydrogen (secondary N) is 2. The third-order valence-corrected chi connectivity index (χ3v) is 5.47. The zero-order valence-electron chi connectivity index (χ0n) is 17.6. The number of methoxy groups -OCH3 is 1. The van der Waals surface area contributed by atoms with E-state index >= 15 is 0 Å². The maximum Gasteiger partial charge on any atom is 0.407 e. The van der Waals surface area contributed by atoms with Crippen LogP contribution in [0.4, 0.5) is 4.79 Å². The number of hydrogen-bond acceptors (Lipinski definition) is 5. The zero-order chi connectivity index (χ0) is 22.5. The van der Waals surface area contributed by atoms with E-state index in [-0.39, 0.29) is 12.5 Å². The van der Waals surface area contributed by atoms with Crippen molar-refractivity contribution in [1.29, 1.82) is 0 Å². The predicted octanol–water partition coefficient (Wildman–Crippen LogP) is 2.52. The van der Waals surface area contributed by atoms with Crippen molar-refractivity contribution in [3.63, 3.8) is 0 Å². The SMILES string of the molecule is COC(C)C(NC(=O)OCC1c2ccccc2-c2ccccc21)C(=O)N[C@@H](C)C(=O)O. The van der Waals surface area contributed by atoms with Gasteiger partial charge in [-0.3, -0.25) is 9.59 Å².